The van der Waals surface area contributed by atoms with Gasteiger partial charge in [-0.1, -0.05) is 80.8 Å². The standard InChI is InChI=1S/C34H32BNO/c1-33-18-17-21-9-5-6-12-24(21)34(33,2)36-28-15-8-16-29-31(28)35(26-14-7-13-25(33)32(26)36)27-19-22-10-3-4-11-23(22)20-30(27)37-29/h3-4,7-8,10-11,13-16,19-21,24H,5-6,9,12,17-18H2,1-2H3. The molecule has 2 saturated carbocycles. The second-order valence-electron chi connectivity index (χ2n) is 12.7. The molecule has 2 fully saturated rings. The maximum atomic E-state index is 6.73. The second-order valence-corrected chi connectivity index (χ2v) is 12.7. The summed E-state index contributed by atoms with van der Waals surface area (Å²) in [6.07, 6.45) is 8.22. The molecule has 0 spiro atoms. The fraction of sp³-hybridized carbons (Fsp3) is 0.353. The molecule has 3 heterocycles. The molecule has 0 radical (unpaired) electrons. The molecule has 182 valence electrons. The summed E-state index contributed by atoms with van der Waals surface area (Å²) in [5.41, 5.74) is 8.88. The van der Waals surface area contributed by atoms with Crippen LogP contribution in [0.5, 0.6) is 11.5 Å². The highest BCUT2D eigenvalue weighted by atomic mass is 16.5. The number of hydrogen-bond donors (Lipinski definition) is 0. The average molecular weight is 481 g/mol. The molecule has 0 N–H and O–H groups in total. The SMILES string of the molecule is CC12CCC3CCCCC3C1(C)N1c3cccc4c3B(c3cc5ccccc5cc3O4)c3cccc2c31. The van der Waals surface area contributed by atoms with E-state index >= 15 is 0 Å². The predicted molar refractivity (Wildman–Crippen MR) is 154 cm³/mol. The van der Waals surface area contributed by atoms with E-state index in [0.29, 0.717) is 0 Å². The maximum absolute atomic E-state index is 6.73. The first-order valence-corrected chi connectivity index (χ1v) is 14.4. The summed E-state index contributed by atoms with van der Waals surface area (Å²) in [6.45, 7) is 5.44. The molecule has 5 aliphatic rings. The van der Waals surface area contributed by atoms with E-state index in [0.717, 1.165) is 23.3 Å². The van der Waals surface area contributed by atoms with E-state index in [1.807, 2.05) is 0 Å². The van der Waals surface area contributed by atoms with Gasteiger partial charge in [-0.15, -0.1) is 0 Å². The van der Waals surface area contributed by atoms with Gasteiger partial charge in [0.05, 0.1) is 5.54 Å². The van der Waals surface area contributed by atoms with Crippen LogP contribution in [0.4, 0.5) is 11.4 Å². The van der Waals surface area contributed by atoms with Crippen molar-refractivity contribution in [2.24, 2.45) is 11.8 Å². The fourth-order valence-corrected chi connectivity index (χ4v) is 9.60. The number of para-hydroxylation sites is 1. The fourth-order valence-electron chi connectivity index (χ4n) is 9.60. The summed E-state index contributed by atoms with van der Waals surface area (Å²) < 4.78 is 6.73. The van der Waals surface area contributed by atoms with Gasteiger partial charge in [-0.25, -0.2) is 0 Å². The van der Waals surface area contributed by atoms with Gasteiger partial charge in [0.1, 0.15) is 11.5 Å². The Morgan fingerprint density at radius 3 is 2.51 bits per heavy atom. The Hall–Kier alpha value is -3.20. The van der Waals surface area contributed by atoms with Crippen LogP contribution in [-0.4, -0.2) is 12.3 Å². The van der Waals surface area contributed by atoms with Crippen LogP contribution in [0.3, 0.4) is 0 Å². The normalized spacial score (nSPS) is 30.1. The molecule has 3 heteroatoms. The highest BCUT2D eigenvalue weighted by molar-refractivity contribution is 6.99. The second kappa shape index (κ2) is 6.81. The van der Waals surface area contributed by atoms with Crippen LogP contribution in [0.25, 0.3) is 10.8 Å². The molecule has 9 rings (SSSR count). The first-order chi connectivity index (χ1) is 18.1. The third-order valence-corrected chi connectivity index (χ3v) is 11.4. The van der Waals surface area contributed by atoms with Gasteiger partial charge in [0, 0.05) is 16.8 Å². The Balaban J connectivity index is 1.36. The van der Waals surface area contributed by atoms with Crippen LogP contribution < -0.4 is 26.0 Å². The summed E-state index contributed by atoms with van der Waals surface area (Å²) in [4.78, 5) is 2.84. The lowest BCUT2D eigenvalue weighted by atomic mass is 9.34. The van der Waals surface area contributed by atoms with Crippen LogP contribution in [-0.2, 0) is 5.41 Å². The number of anilines is 2. The molecule has 0 saturated heterocycles. The molecule has 4 unspecified atom stereocenters. The van der Waals surface area contributed by atoms with Crippen molar-refractivity contribution in [3.8, 4) is 11.5 Å². The van der Waals surface area contributed by atoms with Crippen LogP contribution in [0.1, 0.15) is 57.9 Å². The summed E-state index contributed by atoms with van der Waals surface area (Å²) in [5, 5.41) is 2.53. The smallest absolute Gasteiger partial charge is 0.256 e. The third-order valence-electron chi connectivity index (χ3n) is 11.4. The number of ether oxygens (including phenoxy) is 1. The van der Waals surface area contributed by atoms with Crippen molar-refractivity contribution in [3.63, 3.8) is 0 Å². The van der Waals surface area contributed by atoms with E-state index in [4.69, 9.17) is 4.74 Å². The summed E-state index contributed by atoms with van der Waals surface area (Å²) in [7, 11) is 0. The minimum atomic E-state index is 0.0819. The summed E-state index contributed by atoms with van der Waals surface area (Å²) >= 11 is 0. The highest BCUT2D eigenvalue weighted by Gasteiger charge is 2.66. The molecule has 3 aliphatic heterocycles. The molecule has 4 aromatic rings. The van der Waals surface area contributed by atoms with E-state index in [-0.39, 0.29) is 17.7 Å². The average Bonchev–Trinajstić information content (AvgIpc) is 3.15. The van der Waals surface area contributed by atoms with Crippen LogP contribution in [0.15, 0.2) is 72.8 Å². The molecule has 4 atom stereocenters. The zero-order valence-electron chi connectivity index (χ0n) is 21.8. The van der Waals surface area contributed by atoms with Crippen LogP contribution in [0.2, 0.25) is 0 Å². The highest BCUT2D eigenvalue weighted by Crippen LogP contribution is 2.66. The third kappa shape index (κ3) is 2.32. The quantitative estimate of drug-likeness (QED) is 0.233. The maximum Gasteiger partial charge on any atom is 0.256 e. The van der Waals surface area contributed by atoms with Gasteiger partial charge in [0.15, 0.2) is 0 Å². The van der Waals surface area contributed by atoms with Crippen molar-refractivity contribution in [2.45, 2.75) is 63.3 Å². The topological polar surface area (TPSA) is 12.5 Å². The van der Waals surface area contributed by atoms with Gasteiger partial charge in [0.25, 0.3) is 6.71 Å². The van der Waals surface area contributed by atoms with Gasteiger partial charge in [-0.3, -0.25) is 0 Å². The molecule has 37 heavy (non-hydrogen) atoms. The molecule has 4 aromatic carbocycles. The molecule has 2 nitrogen and oxygen atoms in total. The van der Waals surface area contributed by atoms with Crippen molar-refractivity contribution in [2.75, 3.05) is 4.90 Å². The Morgan fingerprint density at radius 1 is 0.811 bits per heavy atom. The molecule has 2 aliphatic carbocycles. The number of benzene rings is 4. The first kappa shape index (κ1) is 20.8. The van der Waals surface area contributed by atoms with Gasteiger partial charge in [-0.2, -0.15) is 0 Å². The Kier molecular flexibility index (Phi) is 3.83. The first-order valence-electron chi connectivity index (χ1n) is 14.4. The van der Waals surface area contributed by atoms with E-state index < -0.39 is 0 Å². The molecule has 0 amide bonds. The molecular weight excluding hydrogens is 449 g/mol. The largest absolute Gasteiger partial charge is 0.458 e. The van der Waals surface area contributed by atoms with E-state index in [1.54, 1.807) is 5.56 Å². The van der Waals surface area contributed by atoms with Crippen molar-refractivity contribution in [1.29, 1.82) is 0 Å². The summed E-state index contributed by atoms with van der Waals surface area (Å²) in [5.74, 6) is 3.63. The van der Waals surface area contributed by atoms with E-state index in [1.165, 1.54) is 77.1 Å². The lowest BCUT2D eigenvalue weighted by molar-refractivity contribution is 0.0339. The zero-order chi connectivity index (χ0) is 24.5. The number of hydrogen-bond acceptors (Lipinski definition) is 2. The zero-order valence-corrected chi connectivity index (χ0v) is 21.8. The minimum absolute atomic E-state index is 0.0819. The lowest BCUT2D eigenvalue weighted by Crippen LogP contribution is -2.66. The Bertz CT molecular complexity index is 1640. The van der Waals surface area contributed by atoms with Gasteiger partial charge < -0.3 is 9.64 Å². The number of rotatable bonds is 0. The van der Waals surface area contributed by atoms with E-state index in [2.05, 4.69) is 91.5 Å². The van der Waals surface area contributed by atoms with Crippen LogP contribution in [0, 0.1) is 11.8 Å². The molecule has 0 aromatic heterocycles. The van der Waals surface area contributed by atoms with Crippen molar-refractivity contribution < 1.29 is 4.74 Å². The summed E-state index contributed by atoms with van der Waals surface area (Å²) in [6, 6.07) is 27.4. The van der Waals surface area contributed by atoms with Crippen LogP contribution >= 0.6 is 0 Å². The predicted octanol–water partition coefficient (Wildman–Crippen LogP) is 6.54. The number of fused-ring (bicyclic) bond motifs is 10. The molecular formula is C34H32BNO. The van der Waals surface area contributed by atoms with Gasteiger partial charge >= 0.3 is 0 Å². The molecule has 0 bridgehead atoms. The Morgan fingerprint density at radius 2 is 1.62 bits per heavy atom. The van der Waals surface area contributed by atoms with Gasteiger partial charge in [-0.05, 0) is 88.9 Å². The Labute approximate surface area is 219 Å². The lowest BCUT2D eigenvalue weighted by Gasteiger charge is -2.59. The van der Waals surface area contributed by atoms with Gasteiger partial charge in [0.2, 0.25) is 0 Å². The van der Waals surface area contributed by atoms with Crippen molar-refractivity contribution >= 4 is 45.2 Å². The van der Waals surface area contributed by atoms with E-state index in [9.17, 15) is 0 Å². The minimum Gasteiger partial charge on any atom is -0.458 e. The van der Waals surface area contributed by atoms with Crippen molar-refractivity contribution in [1.82, 2.24) is 0 Å². The van der Waals surface area contributed by atoms with Crippen molar-refractivity contribution in [3.05, 3.63) is 78.4 Å². The number of nitrogens with zero attached hydrogens (tertiary/aromatic N) is 1. The monoisotopic (exact) mass is 481 g/mol.